The van der Waals surface area contributed by atoms with Crippen molar-refractivity contribution in [3.8, 4) is 0 Å². The number of nitrogens with one attached hydrogen (secondary N) is 1. The Morgan fingerprint density at radius 2 is 2.18 bits per heavy atom. The van der Waals surface area contributed by atoms with Gasteiger partial charge in [-0.1, -0.05) is 13.5 Å². The van der Waals surface area contributed by atoms with Gasteiger partial charge in [0, 0.05) is 5.57 Å². The van der Waals surface area contributed by atoms with Gasteiger partial charge in [-0.25, -0.2) is 10.9 Å². The van der Waals surface area contributed by atoms with E-state index >= 15 is 0 Å². The number of carbonyl (C=O) groups is 1. The SMILES string of the molecule is C=C(C)C(=O)N[NH2+]CCC.[Cl-]. The summed E-state index contributed by atoms with van der Waals surface area (Å²) in [5.74, 6) is -0.0894. The highest BCUT2D eigenvalue weighted by atomic mass is 35.5. The lowest BCUT2D eigenvalue weighted by Crippen LogP contribution is -3.00. The molecule has 3 nitrogen and oxygen atoms in total. The number of rotatable bonds is 4. The Hall–Kier alpha value is -0.540. The average molecular weight is 179 g/mol. The van der Waals surface area contributed by atoms with Crippen molar-refractivity contribution in [2.45, 2.75) is 20.3 Å². The molecule has 0 aliphatic rings. The Bertz CT molecular complexity index is 136. The summed E-state index contributed by atoms with van der Waals surface area (Å²) in [4.78, 5) is 10.8. The molecule has 11 heavy (non-hydrogen) atoms. The maximum absolute atomic E-state index is 10.8. The normalized spacial score (nSPS) is 8.18. The summed E-state index contributed by atoms with van der Waals surface area (Å²) in [7, 11) is 0. The fraction of sp³-hybridized carbons (Fsp3) is 0.571. The molecule has 66 valence electrons. The Morgan fingerprint density at radius 1 is 1.64 bits per heavy atom. The van der Waals surface area contributed by atoms with Crippen LogP contribution in [0.25, 0.3) is 0 Å². The van der Waals surface area contributed by atoms with Crippen LogP contribution in [0.2, 0.25) is 0 Å². The van der Waals surface area contributed by atoms with Gasteiger partial charge >= 0.3 is 0 Å². The molecule has 0 aromatic rings. The number of quaternary nitrogens is 1. The second-order valence-electron chi connectivity index (χ2n) is 2.25. The van der Waals surface area contributed by atoms with E-state index < -0.39 is 0 Å². The molecule has 3 N–H and O–H groups in total. The summed E-state index contributed by atoms with van der Waals surface area (Å²) < 4.78 is 0. The van der Waals surface area contributed by atoms with E-state index in [4.69, 9.17) is 0 Å². The molecule has 4 heteroatoms. The van der Waals surface area contributed by atoms with Gasteiger partial charge in [0.15, 0.2) is 0 Å². The third kappa shape index (κ3) is 7.36. The van der Waals surface area contributed by atoms with E-state index in [0.29, 0.717) is 5.57 Å². The van der Waals surface area contributed by atoms with Crippen molar-refractivity contribution in [1.29, 1.82) is 0 Å². The molecule has 0 saturated carbocycles. The van der Waals surface area contributed by atoms with Crippen LogP contribution >= 0.6 is 0 Å². The predicted octanol–water partition coefficient (Wildman–Crippen LogP) is -3.43. The smallest absolute Gasteiger partial charge is 0.290 e. The van der Waals surface area contributed by atoms with E-state index in [-0.39, 0.29) is 18.3 Å². The minimum absolute atomic E-state index is 0. The highest BCUT2D eigenvalue weighted by Gasteiger charge is 1.99. The molecule has 0 aromatic heterocycles. The molecule has 0 heterocycles. The van der Waals surface area contributed by atoms with Crippen molar-refractivity contribution < 1.29 is 22.6 Å². The van der Waals surface area contributed by atoms with Gasteiger partial charge in [-0.05, 0) is 13.3 Å². The van der Waals surface area contributed by atoms with Gasteiger partial charge in [0.05, 0.1) is 6.54 Å². The number of carbonyl (C=O) groups excluding carboxylic acids is 1. The molecular weight excluding hydrogens is 164 g/mol. The number of halogens is 1. The quantitative estimate of drug-likeness (QED) is 0.152. The third-order valence-corrected chi connectivity index (χ3v) is 1.05. The van der Waals surface area contributed by atoms with E-state index in [1.165, 1.54) is 0 Å². The van der Waals surface area contributed by atoms with Crippen LogP contribution in [0, 0.1) is 0 Å². The second-order valence-corrected chi connectivity index (χ2v) is 2.25. The van der Waals surface area contributed by atoms with Crippen LogP contribution in [0.5, 0.6) is 0 Å². The molecule has 0 spiro atoms. The maximum atomic E-state index is 10.8. The van der Waals surface area contributed by atoms with E-state index in [1.54, 1.807) is 12.3 Å². The van der Waals surface area contributed by atoms with Gasteiger partial charge in [0.2, 0.25) is 0 Å². The Morgan fingerprint density at radius 3 is 2.55 bits per heavy atom. The minimum atomic E-state index is -0.0894. The highest BCUT2D eigenvalue weighted by Crippen LogP contribution is 1.80. The first-order chi connectivity index (χ1) is 4.68. The van der Waals surface area contributed by atoms with E-state index in [9.17, 15) is 4.79 Å². The van der Waals surface area contributed by atoms with Crippen molar-refractivity contribution in [2.24, 2.45) is 0 Å². The van der Waals surface area contributed by atoms with Gasteiger partial charge in [0.1, 0.15) is 0 Å². The van der Waals surface area contributed by atoms with Crippen LogP contribution in [0.1, 0.15) is 20.3 Å². The zero-order chi connectivity index (χ0) is 7.98. The Kier molecular flexibility index (Phi) is 9.00. The summed E-state index contributed by atoms with van der Waals surface area (Å²) in [6.07, 6.45) is 1.05. The van der Waals surface area contributed by atoms with Crippen LogP contribution in [0.4, 0.5) is 0 Å². The first-order valence-electron chi connectivity index (χ1n) is 3.46. The monoisotopic (exact) mass is 178 g/mol. The van der Waals surface area contributed by atoms with Gasteiger partial charge in [-0.2, -0.15) is 0 Å². The molecule has 0 aliphatic heterocycles. The summed E-state index contributed by atoms with van der Waals surface area (Å²) in [6, 6.07) is 0. The van der Waals surface area contributed by atoms with Crippen LogP contribution in [0.3, 0.4) is 0 Å². The number of nitrogens with two attached hydrogens (primary N) is 1. The summed E-state index contributed by atoms with van der Waals surface area (Å²) in [5.41, 5.74) is 4.93. The third-order valence-electron chi connectivity index (χ3n) is 1.05. The zero-order valence-corrected chi connectivity index (χ0v) is 7.74. The fourth-order valence-electron chi connectivity index (χ4n) is 0.432. The number of hydrogen-bond donors (Lipinski definition) is 2. The van der Waals surface area contributed by atoms with Crippen molar-refractivity contribution in [1.82, 2.24) is 5.43 Å². The minimum Gasteiger partial charge on any atom is -1.00 e. The molecule has 0 rings (SSSR count). The summed E-state index contributed by atoms with van der Waals surface area (Å²) >= 11 is 0. The van der Waals surface area contributed by atoms with Crippen molar-refractivity contribution in [2.75, 3.05) is 6.54 Å². The lowest BCUT2D eigenvalue weighted by molar-refractivity contribution is -0.698. The summed E-state index contributed by atoms with van der Waals surface area (Å²) in [6.45, 7) is 8.17. The van der Waals surface area contributed by atoms with Gasteiger partial charge in [0.25, 0.3) is 5.91 Å². The van der Waals surface area contributed by atoms with Crippen LogP contribution in [-0.2, 0) is 4.79 Å². The van der Waals surface area contributed by atoms with Crippen molar-refractivity contribution in [3.05, 3.63) is 12.2 Å². The highest BCUT2D eigenvalue weighted by molar-refractivity contribution is 5.90. The Balaban J connectivity index is 0. The van der Waals surface area contributed by atoms with Crippen molar-refractivity contribution in [3.63, 3.8) is 0 Å². The summed E-state index contributed by atoms with van der Waals surface area (Å²) in [5, 5.41) is 0. The molecule has 0 atom stereocenters. The van der Waals surface area contributed by atoms with E-state index in [1.807, 2.05) is 0 Å². The van der Waals surface area contributed by atoms with Gasteiger partial charge in [-0.3, -0.25) is 4.79 Å². The first-order valence-corrected chi connectivity index (χ1v) is 3.46. The maximum Gasteiger partial charge on any atom is 0.290 e. The predicted molar refractivity (Wildman–Crippen MR) is 40.0 cm³/mol. The van der Waals surface area contributed by atoms with Crippen LogP contribution < -0.4 is 23.3 Å². The standard InChI is InChI=1S/C7H14N2O.ClH/c1-4-5-8-9-7(10)6(2)3;/h8H,2,4-5H2,1,3H3,(H,9,10);1H. The average Bonchev–Trinajstić information content (AvgIpc) is 1.88. The van der Waals surface area contributed by atoms with Gasteiger partial charge < -0.3 is 12.4 Å². The first kappa shape index (κ1) is 13.1. The zero-order valence-electron chi connectivity index (χ0n) is 6.98. The molecular formula is C7H15ClN2O. The molecule has 0 bridgehead atoms. The Labute approximate surface area is 73.6 Å². The molecule has 0 radical (unpaired) electrons. The second kappa shape index (κ2) is 7.57. The molecule has 0 saturated heterocycles. The van der Waals surface area contributed by atoms with Gasteiger partial charge in [-0.15, -0.1) is 0 Å². The molecule has 0 unspecified atom stereocenters. The van der Waals surface area contributed by atoms with E-state index in [0.717, 1.165) is 13.0 Å². The lowest BCUT2D eigenvalue weighted by Gasteiger charge is -2.00. The lowest BCUT2D eigenvalue weighted by atomic mass is 10.3. The molecule has 0 fully saturated rings. The number of amides is 1. The number of hydrogen-bond acceptors (Lipinski definition) is 1. The molecule has 1 amide bonds. The molecule has 0 aliphatic carbocycles. The van der Waals surface area contributed by atoms with Crippen LogP contribution in [-0.4, -0.2) is 12.5 Å². The fourth-order valence-corrected chi connectivity index (χ4v) is 0.432. The van der Waals surface area contributed by atoms with E-state index in [2.05, 4.69) is 18.9 Å². The topological polar surface area (TPSA) is 45.7 Å². The van der Waals surface area contributed by atoms with Crippen LogP contribution in [0.15, 0.2) is 12.2 Å². The molecule has 0 aromatic carbocycles. The van der Waals surface area contributed by atoms with Crippen molar-refractivity contribution >= 4 is 5.91 Å². The largest absolute Gasteiger partial charge is 1.00 e.